The molecule has 16 heavy (non-hydrogen) atoms. The van der Waals surface area contributed by atoms with Crippen LogP contribution in [0, 0.1) is 0 Å². The van der Waals surface area contributed by atoms with Crippen LogP contribution in [0.5, 0.6) is 5.75 Å². The van der Waals surface area contributed by atoms with Crippen molar-refractivity contribution >= 4 is 0 Å². The number of benzene rings is 1. The highest BCUT2D eigenvalue weighted by atomic mass is 16.5. The predicted molar refractivity (Wildman–Crippen MR) is 64.6 cm³/mol. The molecule has 1 aromatic rings. The molecule has 84 valence electrons. The Balaban J connectivity index is 2.20. The number of fused-ring (bicyclic) bond motifs is 1. The molecule has 0 spiro atoms. The van der Waals surface area contributed by atoms with Gasteiger partial charge in [-0.25, -0.2) is 0 Å². The van der Waals surface area contributed by atoms with Crippen LogP contribution in [0.25, 0.3) is 0 Å². The molecule has 0 aliphatic carbocycles. The minimum Gasteiger partial charge on any atom is -0.489 e. The molecule has 1 heterocycles. The van der Waals surface area contributed by atoms with Crippen LogP contribution >= 0.6 is 0 Å². The molecule has 2 rings (SSSR count). The summed E-state index contributed by atoms with van der Waals surface area (Å²) in [4.78, 5) is 0. The van der Waals surface area contributed by atoms with Gasteiger partial charge in [-0.3, -0.25) is 0 Å². The second-order valence-electron chi connectivity index (χ2n) is 3.80. The van der Waals surface area contributed by atoms with E-state index in [9.17, 15) is 0 Å². The van der Waals surface area contributed by atoms with E-state index in [0.717, 1.165) is 24.2 Å². The predicted octanol–water partition coefficient (Wildman–Crippen LogP) is 2.49. The van der Waals surface area contributed by atoms with Crippen LogP contribution in [0.2, 0.25) is 0 Å². The van der Waals surface area contributed by atoms with Crippen LogP contribution in [0.4, 0.5) is 0 Å². The number of aliphatic hydroxyl groups excluding tert-OH is 1. The smallest absolute Gasteiger partial charge is 0.122 e. The first-order valence-corrected chi connectivity index (χ1v) is 5.57. The zero-order valence-electron chi connectivity index (χ0n) is 9.23. The van der Waals surface area contributed by atoms with Crippen molar-refractivity contribution in [1.29, 1.82) is 0 Å². The highest BCUT2D eigenvalue weighted by Gasteiger charge is 2.02. The van der Waals surface area contributed by atoms with E-state index in [1.165, 1.54) is 5.56 Å². The lowest BCUT2D eigenvalue weighted by atomic mass is 10.1. The molecular weight excluding hydrogens is 200 g/mol. The molecule has 0 aromatic heterocycles. The van der Waals surface area contributed by atoms with Crippen molar-refractivity contribution in [1.82, 2.24) is 0 Å². The molecule has 0 fully saturated rings. The number of aliphatic hydroxyl groups is 1. The zero-order chi connectivity index (χ0) is 11.2. The Morgan fingerprint density at radius 3 is 3.00 bits per heavy atom. The average Bonchev–Trinajstić information content (AvgIpc) is 2.34. The number of rotatable bonds is 1. The quantitative estimate of drug-likeness (QED) is 0.781. The third-order valence-corrected chi connectivity index (χ3v) is 2.64. The summed E-state index contributed by atoms with van der Waals surface area (Å²) < 4.78 is 5.66. The molecule has 0 amide bonds. The van der Waals surface area contributed by atoms with Crippen molar-refractivity contribution in [2.75, 3.05) is 13.2 Å². The third kappa shape index (κ3) is 2.74. The number of aryl methyl sites for hydroxylation is 1. The van der Waals surface area contributed by atoms with Gasteiger partial charge in [-0.15, -0.1) is 0 Å². The maximum Gasteiger partial charge on any atom is 0.122 e. The average molecular weight is 216 g/mol. The molecule has 1 aromatic carbocycles. The minimum atomic E-state index is 0.0954. The summed E-state index contributed by atoms with van der Waals surface area (Å²) in [7, 11) is 0. The van der Waals surface area contributed by atoms with Gasteiger partial charge >= 0.3 is 0 Å². The summed E-state index contributed by atoms with van der Waals surface area (Å²) in [6.45, 7) is 0.645. The Morgan fingerprint density at radius 1 is 1.25 bits per heavy atom. The number of allylic oxidation sites excluding steroid dienone is 1. The van der Waals surface area contributed by atoms with Gasteiger partial charge in [0, 0.05) is 0 Å². The number of hydrogen-bond donors (Lipinski definition) is 1. The van der Waals surface area contributed by atoms with Crippen molar-refractivity contribution < 1.29 is 9.84 Å². The largest absolute Gasteiger partial charge is 0.489 e. The minimum absolute atomic E-state index is 0.0954. The van der Waals surface area contributed by atoms with E-state index in [1.54, 1.807) is 0 Å². The van der Waals surface area contributed by atoms with E-state index in [0.29, 0.717) is 6.61 Å². The molecule has 0 radical (unpaired) electrons. The van der Waals surface area contributed by atoms with Gasteiger partial charge in [0.15, 0.2) is 0 Å². The molecule has 0 atom stereocenters. The molecule has 2 heteroatoms. The van der Waals surface area contributed by atoms with Gasteiger partial charge in [0.05, 0.1) is 6.61 Å². The van der Waals surface area contributed by atoms with Gasteiger partial charge in [-0.05, 0) is 36.1 Å². The molecule has 1 aliphatic heterocycles. The van der Waals surface area contributed by atoms with E-state index >= 15 is 0 Å². The fourth-order valence-corrected chi connectivity index (χ4v) is 1.79. The molecule has 1 aliphatic rings. The summed E-state index contributed by atoms with van der Waals surface area (Å²) >= 11 is 0. The molecule has 0 bridgehead atoms. The number of para-hydroxylation sites is 1. The second-order valence-corrected chi connectivity index (χ2v) is 3.80. The van der Waals surface area contributed by atoms with Crippen LogP contribution in [-0.4, -0.2) is 18.3 Å². The van der Waals surface area contributed by atoms with Crippen LogP contribution < -0.4 is 4.74 Å². The van der Waals surface area contributed by atoms with E-state index in [4.69, 9.17) is 9.84 Å². The van der Waals surface area contributed by atoms with E-state index in [2.05, 4.69) is 12.1 Å². The van der Waals surface area contributed by atoms with Gasteiger partial charge < -0.3 is 9.84 Å². The first kappa shape index (κ1) is 11.0. The van der Waals surface area contributed by atoms with Crippen LogP contribution in [0.1, 0.15) is 12.0 Å². The van der Waals surface area contributed by atoms with Gasteiger partial charge in [0.25, 0.3) is 0 Å². The molecule has 2 nitrogen and oxygen atoms in total. The van der Waals surface area contributed by atoms with Crippen molar-refractivity contribution in [3.63, 3.8) is 0 Å². The Bertz CT molecular complexity index is 405. The molecular formula is C14H16O2. The van der Waals surface area contributed by atoms with Crippen LogP contribution in [-0.2, 0) is 6.42 Å². The summed E-state index contributed by atoms with van der Waals surface area (Å²) in [5, 5.41) is 9.10. The second kappa shape index (κ2) is 5.52. The first-order valence-electron chi connectivity index (χ1n) is 5.57. The van der Waals surface area contributed by atoms with E-state index in [-0.39, 0.29) is 6.61 Å². The standard InChI is InChI=1S/C14H16O2/c15-11-12-5-3-8-13-7-1-2-9-14(13)16-10-4-6-12/h1-2,4-7,9,15H,3,8,10-11H2/b6-4-,12-5+. The summed E-state index contributed by atoms with van der Waals surface area (Å²) in [5.41, 5.74) is 2.19. The van der Waals surface area contributed by atoms with Crippen LogP contribution in [0.15, 0.2) is 48.1 Å². The monoisotopic (exact) mass is 216 g/mol. The topological polar surface area (TPSA) is 29.5 Å². The van der Waals surface area contributed by atoms with Gasteiger partial charge in [-0.1, -0.05) is 30.4 Å². The van der Waals surface area contributed by atoms with Crippen LogP contribution in [0.3, 0.4) is 0 Å². The zero-order valence-corrected chi connectivity index (χ0v) is 9.23. The van der Waals surface area contributed by atoms with Crippen molar-refractivity contribution in [2.24, 2.45) is 0 Å². The summed E-state index contributed by atoms with van der Waals surface area (Å²) in [5.74, 6) is 0.966. The Kier molecular flexibility index (Phi) is 3.78. The SMILES string of the molecule is OCC1=C/CCc2ccccc2OC/C=C\1. The van der Waals surface area contributed by atoms with Gasteiger partial charge in [-0.2, -0.15) is 0 Å². The highest BCUT2D eigenvalue weighted by Crippen LogP contribution is 2.20. The van der Waals surface area contributed by atoms with E-state index < -0.39 is 0 Å². The molecule has 0 unspecified atom stereocenters. The Labute approximate surface area is 95.9 Å². The Hall–Kier alpha value is -1.54. The molecule has 0 saturated heterocycles. The molecule has 1 N–H and O–H groups in total. The lowest BCUT2D eigenvalue weighted by Crippen LogP contribution is -2.00. The fraction of sp³-hybridized carbons (Fsp3) is 0.286. The van der Waals surface area contributed by atoms with Crippen molar-refractivity contribution in [2.45, 2.75) is 12.8 Å². The van der Waals surface area contributed by atoms with E-state index in [1.807, 2.05) is 30.4 Å². The molecule has 0 saturated carbocycles. The van der Waals surface area contributed by atoms with Gasteiger partial charge in [0.1, 0.15) is 12.4 Å². The fourth-order valence-electron chi connectivity index (χ4n) is 1.79. The maximum atomic E-state index is 9.10. The highest BCUT2D eigenvalue weighted by molar-refractivity contribution is 5.34. The lowest BCUT2D eigenvalue weighted by molar-refractivity contribution is 0.333. The summed E-state index contributed by atoms with van der Waals surface area (Å²) in [6, 6.07) is 8.11. The van der Waals surface area contributed by atoms with Crippen molar-refractivity contribution in [3.8, 4) is 5.75 Å². The van der Waals surface area contributed by atoms with Gasteiger partial charge in [0.2, 0.25) is 0 Å². The van der Waals surface area contributed by atoms with Crippen molar-refractivity contribution in [3.05, 3.63) is 53.6 Å². The Morgan fingerprint density at radius 2 is 2.12 bits per heavy atom. The summed E-state index contributed by atoms with van der Waals surface area (Å²) in [6.07, 6.45) is 7.82. The third-order valence-electron chi connectivity index (χ3n) is 2.64. The maximum absolute atomic E-state index is 9.10. The number of hydrogen-bond acceptors (Lipinski definition) is 2. The lowest BCUT2D eigenvalue weighted by Gasteiger charge is -2.10. The number of ether oxygens (including phenoxy) is 1. The normalized spacial score (nSPS) is 21.2. The first-order chi connectivity index (χ1) is 7.90.